The van der Waals surface area contributed by atoms with Gasteiger partial charge in [0, 0.05) is 12.8 Å². The molecular formula is C9H12N8O3S. The van der Waals surface area contributed by atoms with E-state index in [9.17, 15) is 14.4 Å². The van der Waals surface area contributed by atoms with Crippen LogP contribution in [0.4, 0.5) is 0 Å². The Balaban J connectivity index is 1.97. The molecule has 0 aliphatic heterocycles. The van der Waals surface area contributed by atoms with Crippen LogP contribution in [0.1, 0.15) is 10.5 Å². The van der Waals surface area contributed by atoms with E-state index in [2.05, 4.69) is 20.4 Å². The van der Waals surface area contributed by atoms with Crippen LogP contribution in [0.15, 0.2) is 20.9 Å². The van der Waals surface area contributed by atoms with E-state index >= 15 is 0 Å². The second-order valence-corrected chi connectivity index (χ2v) is 4.95. The van der Waals surface area contributed by atoms with Crippen molar-refractivity contribution in [3.05, 3.63) is 32.6 Å². The first-order valence-corrected chi connectivity index (χ1v) is 6.71. The zero-order valence-corrected chi connectivity index (χ0v) is 11.8. The van der Waals surface area contributed by atoms with Gasteiger partial charge < -0.3 is 0 Å². The van der Waals surface area contributed by atoms with E-state index in [-0.39, 0.29) is 5.69 Å². The summed E-state index contributed by atoms with van der Waals surface area (Å²) in [5.41, 5.74) is 0.459. The lowest BCUT2D eigenvalue weighted by Gasteiger charge is -2.05. The van der Waals surface area contributed by atoms with Crippen molar-refractivity contribution in [3.63, 3.8) is 0 Å². The molecule has 0 aromatic carbocycles. The number of nitrogens with one attached hydrogen (secondary N) is 2. The number of nitrogens with two attached hydrogens (primary N) is 1. The van der Waals surface area contributed by atoms with Crippen molar-refractivity contribution >= 4 is 17.7 Å². The number of rotatable bonds is 5. The van der Waals surface area contributed by atoms with E-state index in [0.717, 1.165) is 0 Å². The van der Waals surface area contributed by atoms with Gasteiger partial charge >= 0.3 is 11.1 Å². The summed E-state index contributed by atoms with van der Waals surface area (Å²) < 4.78 is 2.82. The van der Waals surface area contributed by atoms with E-state index in [1.165, 1.54) is 27.3 Å². The molecule has 21 heavy (non-hydrogen) atoms. The van der Waals surface area contributed by atoms with Crippen LogP contribution < -0.4 is 22.4 Å². The molecule has 1 amide bonds. The molecule has 2 rings (SSSR count). The third-order valence-corrected chi connectivity index (χ3v) is 3.41. The Labute approximate surface area is 121 Å². The molecule has 2 aromatic rings. The lowest BCUT2D eigenvalue weighted by atomic mass is 10.5. The maximum atomic E-state index is 11.2. The molecule has 0 saturated carbocycles. The van der Waals surface area contributed by atoms with Crippen LogP contribution in [-0.2, 0) is 13.6 Å². The quantitative estimate of drug-likeness (QED) is 0.179. The molecule has 0 radical (unpaired) electrons. The largest absolute Gasteiger partial charge is 0.339 e. The minimum Gasteiger partial charge on any atom is -0.289 e. The van der Waals surface area contributed by atoms with Gasteiger partial charge in [-0.1, -0.05) is 17.0 Å². The van der Waals surface area contributed by atoms with Gasteiger partial charge in [0.2, 0.25) is 0 Å². The lowest BCUT2D eigenvalue weighted by Crippen LogP contribution is -2.33. The van der Waals surface area contributed by atoms with Crippen LogP contribution in [-0.4, -0.2) is 41.4 Å². The zero-order chi connectivity index (χ0) is 15.4. The van der Waals surface area contributed by atoms with E-state index in [0.29, 0.717) is 17.5 Å². The third kappa shape index (κ3) is 3.55. The highest BCUT2D eigenvalue weighted by molar-refractivity contribution is 7.99. The summed E-state index contributed by atoms with van der Waals surface area (Å²) in [5.74, 6) is 4.97. The molecule has 0 spiro atoms. The second-order valence-electron chi connectivity index (χ2n) is 3.89. The molecule has 112 valence electrons. The number of carbonyl (C=O) groups is 1. The summed E-state index contributed by atoms with van der Waals surface area (Å²) in [6, 6.07) is 0. The fraction of sp³-hybridized carbons (Fsp3) is 0.333. The number of H-pyrrole nitrogens is 1. The number of aryl methyl sites for hydroxylation is 2. The molecular weight excluding hydrogens is 300 g/mol. The first kappa shape index (κ1) is 14.9. The van der Waals surface area contributed by atoms with Crippen molar-refractivity contribution in [2.75, 3.05) is 5.75 Å². The Kier molecular flexibility index (Phi) is 4.49. The van der Waals surface area contributed by atoms with Crippen molar-refractivity contribution in [3.8, 4) is 0 Å². The van der Waals surface area contributed by atoms with Gasteiger partial charge in [-0.05, 0) is 0 Å². The van der Waals surface area contributed by atoms with Gasteiger partial charge in [0.05, 0.1) is 12.7 Å². The Bertz CT molecular complexity index is 763. The molecule has 12 heteroatoms. The molecule has 0 saturated heterocycles. The maximum absolute atomic E-state index is 11.2. The van der Waals surface area contributed by atoms with Crippen molar-refractivity contribution in [1.82, 2.24) is 35.2 Å². The number of aromatic amines is 1. The topological polar surface area (TPSA) is 154 Å². The summed E-state index contributed by atoms with van der Waals surface area (Å²) in [5, 5.41) is 10.1. The van der Waals surface area contributed by atoms with Crippen molar-refractivity contribution in [2.24, 2.45) is 12.9 Å². The van der Waals surface area contributed by atoms with Crippen LogP contribution in [0.3, 0.4) is 0 Å². The number of nitrogens with zero attached hydrogens (tertiary/aromatic N) is 5. The number of amides is 1. The summed E-state index contributed by atoms with van der Waals surface area (Å²) in [4.78, 5) is 37.1. The molecule has 0 aliphatic rings. The summed E-state index contributed by atoms with van der Waals surface area (Å²) in [7, 11) is 1.58. The van der Waals surface area contributed by atoms with Crippen LogP contribution >= 0.6 is 11.8 Å². The number of hydrogen-bond acceptors (Lipinski definition) is 8. The number of thioether (sulfide) groups is 1. The average Bonchev–Trinajstić information content (AvgIpc) is 2.92. The minimum absolute atomic E-state index is 0.108. The molecule has 11 nitrogen and oxygen atoms in total. The highest BCUT2D eigenvalue weighted by atomic mass is 32.2. The standard InChI is InChI=1S/C9H12N8O3S/c1-16-9(11-7(19)8(20)14-16)21-3-2-17-4-5(13-15-17)6(18)12-10/h4H,2-3,10H2,1H3,(H,12,18)(H,14,20). The second kappa shape index (κ2) is 6.32. The van der Waals surface area contributed by atoms with E-state index in [4.69, 9.17) is 5.84 Å². The Hall–Kier alpha value is -2.47. The van der Waals surface area contributed by atoms with Gasteiger partial charge in [0.15, 0.2) is 10.9 Å². The molecule has 2 heterocycles. The molecule has 0 atom stereocenters. The number of carbonyl (C=O) groups excluding carboxylic acids is 1. The number of nitrogen functional groups attached to an aromatic ring is 1. The Morgan fingerprint density at radius 3 is 3.00 bits per heavy atom. The lowest BCUT2D eigenvalue weighted by molar-refractivity contribution is 0.0948. The monoisotopic (exact) mass is 312 g/mol. The first-order valence-electron chi connectivity index (χ1n) is 5.72. The number of hydrogen-bond donors (Lipinski definition) is 3. The molecule has 4 N–H and O–H groups in total. The summed E-state index contributed by atoms with van der Waals surface area (Å²) in [6.07, 6.45) is 1.45. The van der Waals surface area contributed by atoms with Gasteiger partial charge in [-0.2, -0.15) is 4.98 Å². The molecule has 0 fully saturated rings. The predicted molar refractivity (Wildman–Crippen MR) is 72.5 cm³/mol. The van der Waals surface area contributed by atoms with Crippen LogP contribution in [0, 0.1) is 0 Å². The molecule has 0 bridgehead atoms. The highest BCUT2D eigenvalue weighted by Gasteiger charge is 2.09. The smallest absolute Gasteiger partial charge is 0.289 e. The van der Waals surface area contributed by atoms with Crippen molar-refractivity contribution in [1.29, 1.82) is 0 Å². The van der Waals surface area contributed by atoms with Crippen LogP contribution in [0.25, 0.3) is 0 Å². The van der Waals surface area contributed by atoms with Gasteiger partial charge in [0.25, 0.3) is 5.91 Å². The number of aromatic nitrogens is 6. The zero-order valence-electron chi connectivity index (χ0n) is 10.9. The van der Waals surface area contributed by atoms with Crippen LogP contribution in [0.5, 0.6) is 0 Å². The fourth-order valence-corrected chi connectivity index (χ4v) is 2.25. The minimum atomic E-state index is -0.835. The average molecular weight is 312 g/mol. The summed E-state index contributed by atoms with van der Waals surface area (Å²) >= 11 is 1.26. The number of hydrazine groups is 1. The van der Waals surface area contributed by atoms with E-state index < -0.39 is 17.0 Å². The summed E-state index contributed by atoms with van der Waals surface area (Å²) in [6.45, 7) is 0.435. The fourth-order valence-electron chi connectivity index (χ4n) is 1.41. The first-order chi connectivity index (χ1) is 10.0. The highest BCUT2D eigenvalue weighted by Crippen LogP contribution is 2.11. The third-order valence-electron chi connectivity index (χ3n) is 2.40. The maximum Gasteiger partial charge on any atom is 0.339 e. The van der Waals surface area contributed by atoms with Gasteiger partial charge in [-0.25, -0.2) is 5.84 Å². The van der Waals surface area contributed by atoms with Crippen LogP contribution in [0.2, 0.25) is 0 Å². The van der Waals surface area contributed by atoms with Crippen molar-refractivity contribution in [2.45, 2.75) is 11.7 Å². The predicted octanol–water partition coefficient (Wildman–Crippen LogP) is -2.54. The van der Waals surface area contributed by atoms with Crippen molar-refractivity contribution < 1.29 is 4.79 Å². The Morgan fingerprint density at radius 1 is 1.52 bits per heavy atom. The van der Waals surface area contributed by atoms with E-state index in [1.807, 2.05) is 5.43 Å². The molecule has 2 aromatic heterocycles. The van der Waals surface area contributed by atoms with E-state index in [1.54, 1.807) is 7.05 Å². The molecule has 0 unspecified atom stereocenters. The SMILES string of the molecule is Cn1[nH]c(=O)c(=O)nc1SCCn1cc(C(=O)NN)nn1. The normalized spacial score (nSPS) is 10.6. The van der Waals surface area contributed by atoms with Gasteiger partial charge in [-0.15, -0.1) is 5.10 Å². The van der Waals surface area contributed by atoms with Gasteiger partial charge in [0.1, 0.15) is 0 Å². The van der Waals surface area contributed by atoms with Gasteiger partial charge in [-0.3, -0.25) is 34.3 Å². The Morgan fingerprint density at radius 2 is 2.29 bits per heavy atom. The molecule has 0 aliphatic carbocycles.